The SMILES string of the molecule is Cc1cccc(Nc2ncnc3ccc(-n4c(O)ccc4O)cc23)c1. The maximum absolute atomic E-state index is 9.95. The molecular formula is C19H16N4O2. The van der Waals surface area contributed by atoms with Gasteiger partial charge < -0.3 is 15.5 Å². The Bertz CT molecular complexity index is 1050. The van der Waals surface area contributed by atoms with Crippen molar-refractivity contribution in [2.45, 2.75) is 6.92 Å². The summed E-state index contributed by atoms with van der Waals surface area (Å²) in [5.41, 5.74) is 3.46. The first-order valence-electron chi connectivity index (χ1n) is 7.80. The van der Waals surface area contributed by atoms with Gasteiger partial charge in [-0.25, -0.2) is 9.97 Å². The minimum absolute atomic E-state index is 0.0399. The fraction of sp³-hybridized carbons (Fsp3) is 0.0526. The molecule has 0 spiro atoms. The number of anilines is 2. The highest BCUT2D eigenvalue weighted by atomic mass is 16.3. The number of benzene rings is 2. The van der Waals surface area contributed by atoms with Crippen molar-refractivity contribution in [3.63, 3.8) is 0 Å². The van der Waals surface area contributed by atoms with Gasteiger partial charge in [0.1, 0.15) is 12.1 Å². The van der Waals surface area contributed by atoms with Gasteiger partial charge in [-0.2, -0.15) is 0 Å². The van der Waals surface area contributed by atoms with E-state index in [9.17, 15) is 10.2 Å². The van der Waals surface area contributed by atoms with Gasteiger partial charge in [-0.1, -0.05) is 12.1 Å². The number of aromatic hydroxyl groups is 2. The summed E-state index contributed by atoms with van der Waals surface area (Å²) in [6.45, 7) is 2.03. The van der Waals surface area contributed by atoms with E-state index in [2.05, 4.69) is 15.3 Å². The Labute approximate surface area is 144 Å². The molecule has 124 valence electrons. The van der Waals surface area contributed by atoms with Crippen molar-refractivity contribution in [2.24, 2.45) is 0 Å². The molecule has 2 aromatic heterocycles. The summed E-state index contributed by atoms with van der Waals surface area (Å²) in [5.74, 6) is 0.576. The van der Waals surface area contributed by atoms with Crippen LogP contribution in [0.1, 0.15) is 5.56 Å². The Morgan fingerprint density at radius 2 is 1.72 bits per heavy atom. The summed E-state index contributed by atoms with van der Waals surface area (Å²) in [5, 5.41) is 24.0. The minimum Gasteiger partial charge on any atom is -0.494 e. The van der Waals surface area contributed by atoms with E-state index < -0.39 is 0 Å². The van der Waals surface area contributed by atoms with Gasteiger partial charge in [0, 0.05) is 23.2 Å². The van der Waals surface area contributed by atoms with Gasteiger partial charge in [0.2, 0.25) is 0 Å². The van der Waals surface area contributed by atoms with E-state index in [1.54, 1.807) is 6.07 Å². The molecule has 4 aromatic rings. The van der Waals surface area contributed by atoms with Crippen molar-refractivity contribution >= 4 is 22.4 Å². The molecule has 0 fully saturated rings. The van der Waals surface area contributed by atoms with Gasteiger partial charge in [-0.3, -0.25) is 4.57 Å². The summed E-state index contributed by atoms with van der Waals surface area (Å²) in [6, 6.07) is 16.3. The smallest absolute Gasteiger partial charge is 0.198 e. The zero-order chi connectivity index (χ0) is 17.4. The number of hydrogen-bond acceptors (Lipinski definition) is 5. The highest BCUT2D eigenvalue weighted by molar-refractivity contribution is 5.92. The molecule has 2 heterocycles. The number of aromatic nitrogens is 3. The van der Waals surface area contributed by atoms with Crippen LogP contribution >= 0.6 is 0 Å². The Balaban J connectivity index is 1.84. The molecule has 0 unspecified atom stereocenters. The van der Waals surface area contributed by atoms with Crippen LogP contribution in [0, 0.1) is 6.92 Å². The first kappa shape index (κ1) is 15.0. The minimum atomic E-state index is -0.0399. The number of aryl methyl sites for hydroxylation is 1. The summed E-state index contributed by atoms with van der Waals surface area (Å²) in [6.07, 6.45) is 1.50. The maximum atomic E-state index is 9.95. The third kappa shape index (κ3) is 2.74. The van der Waals surface area contributed by atoms with Crippen LogP contribution in [0.2, 0.25) is 0 Å². The van der Waals surface area contributed by atoms with Gasteiger partial charge in [-0.15, -0.1) is 0 Å². The third-order valence-corrected chi connectivity index (χ3v) is 4.00. The summed E-state index contributed by atoms with van der Waals surface area (Å²) in [7, 11) is 0. The molecule has 3 N–H and O–H groups in total. The normalized spacial score (nSPS) is 10.9. The first-order chi connectivity index (χ1) is 12.1. The lowest BCUT2D eigenvalue weighted by Crippen LogP contribution is -1.98. The van der Waals surface area contributed by atoms with E-state index in [0.29, 0.717) is 11.5 Å². The molecule has 25 heavy (non-hydrogen) atoms. The molecule has 0 saturated carbocycles. The van der Waals surface area contributed by atoms with Crippen LogP contribution in [0.25, 0.3) is 16.6 Å². The molecule has 0 saturated heterocycles. The van der Waals surface area contributed by atoms with E-state index >= 15 is 0 Å². The lowest BCUT2D eigenvalue weighted by Gasteiger charge is -2.11. The first-order valence-corrected chi connectivity index (χ1v) is 7.80. The topological polar surface area (TPSA) is 83.2 Å². The lowest BCUT2D eigenvalue weighted by molar-refractivity contribution is 0.402. The Kier molecular flexibility index (Phi) is 3.50. The highest BCUT2D eigenvalue weighted by Gasteiger charge is 2.11. The van der Waals surface area contributed by atoms with Crippen LogP contribution in [0.15, 0.2) is 60.9 Å². The molecule has 0 aliphatic heterocycles. The lowest BCUT2D eigenvalue weighted by atomic mass is 10.2. The van der Waals surface area contributed by atoms with Crippen LogP contribution in [0.4, 0.5) is 11.5 Å². The van der Waals surface area contributed by atoms with Crippen molar-refractivity contribution in [1.82, 2.24) is 14.5 Å². The second-order valence-corrected chi connectivity index (χ2v) is 5.80. The highest BCUT2D eigenvalue weighted by Crippen LogP contribution is 2.30. The third-order valence-electron chi connectivity index (χ3n) is 4.00. The summed E-state index contributed by atoms with van der Waals surface area (Å²) >= 11 is 0. The monoisotopic (exact) mass is 332 g/mol. The molecule has 0 atom stereocenters. The molecule has 0 radical (unpaired) electrons. The summed E-state index contributed by atoms with van der Waals surface area (Å²) < 4.78 is 1.35. The number of hydrogen-bond donors (Lipinski definition) is 3. The van der Waals surface area contributed by atoms with Gasteiger partial charge >= 0.3 is 0 Å². The van der Waals surface area contributed by atoms with Crippen LogP contribution < -0.4 is 5.32 Å². The van der Waals surface area contributed by atoms with E-state index in [1.807, 2.05) is 43.3 Å². The molecule has 4 rings (SSSR count). The van der Waals surface area contributed by atoms with Gasteiger partial charge in [-0.05, 0) is 42.8 Å². The number of fused-ring (bicyclic) bond motifs is 1. The van der Waals surface area contributed by atoms with Crippen molar-refractivity contribution in [1.29, 1.82) is 0 Å². The van der Waals surface area contributed by atoms with Crippen molar-refractivity contribution in [2.75, 3.05) is 5.32 Å². The average Bonchev–Trinajstić information content (AvgIpc) is 2.94. The molecule has 0 amide bonds. The molecule has 0 aliphatic carbocycles. The summed E-state index contributed by atoms with van der Waals surface area (Å²) in [4.78, 5) is 8.63. The molecule has 0 aliphatic rings. The molecule has 6 nitrogen and oxygen atoms in total. The Morgan fingerprint density at radius 3 is 2.48 bits per heavy atom. The van der Waals surface area contributed by atoms with Gasteiger partial charge in [0.15, 0.2) is 11.8 Å². The average molecular weight is 332 g/mol. The Morgan fingerprint density at radius 1 is 0.920 bits per heavy atom. The predicted molar refractivity (Wildman–Crippen MR) is 96.7 cm³/mol. The second kappa shape index (κ2) is 5.83. The Hall–Kier alpha value is -3.54. The second-order valence-electron chi connectivity index (χ2n) is 5.80. The number of rotatable bonds is 3. The number of nitrogens with one attached hydrogen (secondary N) is 1. The predicted octanol–water partition coefficient (Wildman–Crippen LogP) is 3.88. The van der Waals surface area contributed by atoms with E-state index in [1.165, 1.54) is 23.0 Å². The molecule has 6 heteroatoms. The van der Waals surface area contributed by atoms with Crippen LogP contribution in [0.3, 0.4) is 0 Å². The molecule has 0 bridgehead atoms. The van der Waals surface area contributed by atoms with E-state index in [4.69, 9.17) is 0 Å². The van der Waals surface area contributed by atoms with Crippen LogP contribution in [-0.2, 0) is 0 Å². The molecular weight excluding hydrogens is 316 g/mol. The quantitative estimate of drug-likeness (QED) is 0.530. The van der Waals surface area contributed by atoms with E-state index in [0.717, 1.165) is 22.2 Å². The fourth-order valence-electron chi connectivity index (χ4n) is 2.82. The van der Waals surface area contributed by atoms with Crippen LogP contribution in [0.5, 0.6) is 11.8 Å². The fourth-order valence-corrected chi connectivity index (χ4v) is 2.82. The van der Waals surface area contributed by atoms with Gasteiger partial charge in [0.05, 0.1) is 11.2 Å². The zero-order valence-electron chi connectivity index (χ0n) is 13.5. The van der Waals surface area contributed by atoms with Crippen molar-refractivity contribution in [3.05, 3.63) is 66.5 Å². The standard InChI is InChI=1S/C19H16N4O2/c1-12-3-2-4-13(9-12)22-19-15-10-14(5-6-16(15)20-11-21-19)23-17(24)7-8-18(23)25/h2-11,24-25H,1H3,(H,20,21,22). The largest absolute Gasteiger partial charge is 0.494 e. The molecule has 2 aromatic carbocycles. The van der Waals surface area contributed by atoms with Crippen molar-refractivity contribution < 1.29 is 10.2 Å². The van der Waals surface area contributed by atoms with Crippen molar-refractivity contribution in [3.8, 4) is 17.4 Å². The number of nitrogens with zero attached hydrogens (tertiary/aromatic N) is 3. The van der Waals surface area contributed by atoms with E-state index in [-0.39, 0.29) is 11.8 Å². The zero-order valence-corrected chi connectivity index (χ0v) is 13.5. The van der Waals surface area contributed by atoms with Crippen LogP contribution in [-0.4, -0.2) is 24.7 Å². The maximum Gasteiger partial charge on any atom is 0.198 e. The van der Waals surface area contributed by atoms with Gasteiger partial charge in [0.25, 0.3) is 0 Å².